The van der Waals surface area contributed by atoms with Crippen LogP contribution in [0.4, 0.5) is 0 Å². The first-order valence-electron chi connectivity index (χ1n) is 10.6. The molecule has 1 N–H and O–H groups in total. The van der Waals surface area contributed by atoms with Crippen molar-refractivity contribution in [2.24, 2.45) is 5.92 Å². The largest absolute Gasteiger partial charge is 0.497 e. The van der Waals surface area contributed by atoms with Crippen molar-refractivity contribution in [1.29, 1.82) is 0 Å². The molecule has 4 rings (SSSR count). The highest BCUT2D eigenvalue weighted by molar-refractivity contribution is 6.03. The van der Waals surface area contributed by atoms with Crippen LogP contribution in [0.1, 0.15) is 82.6 Å². The number of fused-ring (bicyclic) bond motifs is 1. The number of esters is 1. The van der Waals surface area contributed by atoms with Crippen molar-refractivity contribution in [3.8, 4) is 5.75 Å². The average Bonchev–Trinajstić information content (AvgIpc) is 3.07. The fraction of sp³-hybridized carbons (Fsp3) is 0.500. The lowest BCUT2D eigenvalue weighted by Gasteiger charge is -2.25. The van der Waals surface area contributed by atoms with Gasteiger partial charge in [-0.25, -0.2) is 4.79 Å². The van der Waals surface area contributed by atoms with Crippen molar-refractivity contribution < 1.29 is 19.1 Å². The maximum Gasteiger partial charge on any atom is 0.355 e. The molecule has 0 unspecified atom stereocenters. The highest BCUT2D eigenvalue weighted by Gasteiger charge is 2.33. The van der Waals surface area contributed by atoms with Crippen LogP contribution in [0.15, 0.2) is 24.3 Å². The maximum absolute atomic E-state index is 12.9. The van der Waals surface area contributed by atoms with E-state index in [-0.39, 0.29) is 23.8 Å². The van der Waals surface area contributed by atoms with Crippen molar-refractivity contribution >= 4 is 11.8 Å². The predicted octanol–water partition coefficient (Wildman–Crippen LogP) is 4.98. The highest BCUT2D eigenvalue weighted by atomic mass is 16.5. The maximum atomic E-state index is 12.9. The minimum atomic E-state index is -0.328. The molecule has 2 aliphatic rings. The Morgan fingerprint density at radius 3 is 2.41 bits per heavy atom. The zero-order valence-corrected chi connectivity index (χ0v) is 17.4. The zero-order chi connectivity index (χ0) is 20.5. The van der Waals surface area contributed by atoms with Gasteiger partial charge in [-0.15, -0.1) is 0 Å². The summed E-state index contributed by atoms with van der Waals surface area (Å²) in [7, 11) is 1.64. The van der Waals surface area contributed by atoms with Crippen LogP contribution in [0, 0.1) is 12.8 Å². The third kappa shape index (κ3) is 3.96. The summed E-state index contributed by atoms with van der Waals surface area (Å²) in [5.74, 6) is 1.37. The van der Waals surface area contributed by atoms with Gasteiger partial charge in [-0.2, -0.15) is 0 Å². The number of carbonyl (C=O) groups is 2. The van der Waals surface area contributed by atoms with E-state index in [0.717, 1.165) is 48.3 Å². The Hall–Kier alpha value is -2.56. The summed E-state index contributed by atoms with van der Waals surface area (Å²) in [6.07, 6.45) is 5.19. The lowest BCUT2D eigenvalue weighted by molar-refractivity contribution is 0.0167. The molecule has 1 aromatic carbocycles. The molecule has 0 amide bonds. The summed E-state index contributed by atoms with van der Waals surface area (Å²) < 4.78 is 11.0. The van der Waals surface area contributed by atoms with E-state index < -0.39 is 0 Å². The number of ketones is 1. The average molecular weight is 395 g/mol. The normalized spacial score (nSPS) is 24.1. The molecular formula is C24H29NO4. The first-order chi connectivity index (χ1) is 14.0. The van der Waals surface area contributed by atoms with Gasteiger partial charge >= 0.3 is 5.97 Å². The second kappa shape index (κ2) is 8.05. The van der Waals surface area contributed by atoms with Crippen molar-refractivity contribution in [2.45, 2.75) is 64.4 Å². The fourth-order valence-corrected chi connectivity index (χ4v) is 4.71. The van der Waals surface area contributed by atoms with Crippen LogP contribution in [0.5, 0.6) is 5.75 Å². The molecule has 5 heteroatoms. The molecule has 1 heterocycles. The summed E-state index contributed by atoms with van der Waals surface area (Å²) in [4.78, 5) is 28.9. The van der Waals surface area contributed by atoms with Gasteiger partial charge in [0.2, 0.25) is 0 Å². The van der Waals surface area contributed by atoms with Gasteiger partial charge in [0.25, 0.3) is 0 Å². The molecule has 29 heavy (non-hydrogen) atoms. The van der Waals surface area contributed by atoms with E-state index >= 15 is 0 Å². The summed E-state index contributed by atoms with van der Waals surface area (Å²) in [5.41, 5.74) is 3.81. The quantitative estimate of drug-likeness (QED) is 0.742. The van der Waals surface area contributed by atoms with Gasteiger partial charge in [0.15, 0.2) is 5.78 Å². The number of hydrogen-bond donors (Lipinski definition) is 1. The highest BCUT2D eigenvalue weighted by Crippen LogP contribution is 2.36. The molecule has 0 spiro atoms. The van der Waals surface area contributed by atoms with E-state index in [9.17, 15) is 9.59 Å². The smallest absolute Gasteiger partial charge is 0.355 e. The van der Waals surface area contributed by atoms with Crippen LogP contribution in [0.25, 0.3) is 0 Å². The first kappa shape index (κ1) is 19.7. The van der Waals surface area contributed by atoms with Crippen LogP contribution >= 0.6 is 0 Å². The Morgan fingerprint density at radius 1 is 1.07 bits per heavy atom. The number of nitrogens with one attached hydrogen (secondary N) is 1. The summed E-state index contributed by atoms with van der Waals surface area (Å²) in [5, 5.41) is 0. The number of hydrogen-bond acceptors (Lipinski definition) is 4. The van der Waals surface area contributed by atoms with Gasteiger partial charge in [-0.05, 0) is 74.1 Å². The second-order valence-electron chi connectivity index (χ2n) is 8.57. The van der Waals surface area contributed by atoms with Crippen molar-refractivity contribution in [3.63, 3.8) is 0 Å². The minimum absolute atomic E-state index is 0.0128. The number of aromatic nitrogens is 1. The SMILES string of the molecule is COc1ccc([C@@H]2CC(=O)c3c([nH]c(C(=O)OC4CCC(C)CC4)c3C)C2)cc1. The molecular weight excluding hydrogens is 366 g/mol. The molecule has 0 saturated heterocycles. The van der Waals surface area contributed by atoms with Gasteiger partial charge in [0.05, 0.1) is 7.11 Å². The van der Waals surface area contributed by atoms with E-state index in [4.69, 9.17) is 9.47 Å². The molecule has 0 radical (unpaired) electrons. The minimum Gasteiger partial charge on any atom is -0.497 e. The lowest BCUT2D eigenvalue weighted by Crippen LogP contribution is -2.24. The molecule has 5 nitrogen and oxygen atoms in total. The number of Topliss-reactive ketones (excluding diaryl/α,β-unsaturated/α-hetero) is 1. The number of carbonyl (C=O) groups excluding carboxylic acids is 2. The molecule has 2 aromatic rings. The first-order valence-corrected chi connectivity index (χ1v) is 10.6. The number of methoxy groups -OCH3 is 1. The topological polar surface area (TPSA) is 68.4 Å². The standard InChI is InChI=1S/C24H29NO4/c1-14-4-8-19(9-5-14)29-24(27)23-15(2)22-20(25-23)12-17(13-21(22)26)16-6-10-18(28-3)11-7-16/h6-7,10-11,14,17,19,25H,4-5,8-9,12-13H2,1-3H3/t14?,17-,19?/m0/s1. The van der Waals surface area contributed by atoms with Crippen LogP contribution in [-0.4, -0.2) is 30.0 Å². The Balaban J connectivity index is 1.52. The zero-order valence-electron chi connectivity index (χ0n) is 17.4. The van der Waals surface area contributed by atoms with Crippen molar-refractivity contribution in [2.75, 3.05) is 7.11 Å². The fourth-order valence-electron chi connectivity index (χ4n) is 4.71. The molecule has 1 saturated carbocycles. The second-order valence-corrected chi connectivity index (χ2v) is 8.57. The molecule has 1 atom stereocenters. The van der Waals surface area contributed by atoms with Gasteiger partial charge in [-0.3, -0.25) is 4.79 Å². The number of aromatic amines is 1. The summed E-state index contributed by atoms with van der Waals surface area (Å²) in [6, 6.07) is 7.86. The van der Waals surface area contributed by atoms with E-state index in [0.29, 0.717) is 30.0 Å². The molecule has 154 valence electrons. The van der Waals surface area contributed by atoms with Crippen LogP contribution in [-0.2, 0) is 11.2 Å². The number of ether oxygens (including phenoxy) is 2. The van der Waals surface area contributed by atoms with E-state index in [1.54, 1.807) is 7.11 Å². The van der Waals surface area contributed by atoms with E-state index in [1.807, 2.05) is 31.2 Å². The molecule has 0 aliphatic heterocycles. The van der Waals surface area contributed by atoms with Gasteiger partial charge in [-0.1, -0.05) is 19.1 Å². The Kier molecular flexibility index (Phi) is 5.48. The Morgan fingerprint density at radius 2 is 1.76 bits per heavy atom. The van der Waals surface area contributed by atoms with Gasteiger partial charge in [0, 0.05) is 17.7 Å². The lowest BCUT2D eigenvalue weighted by atomic mass is 9.81. The Bertz CT molecular complexity index is 904. The third-order valence-electron chi connectivity index (χ3n) is 6.52. The van der Waals surface area contributed by atoms with Gasteiger partial charge in [0.1, 0.15) is 17.5 Å². The van der Waals surface area contributed by atoms with Crippen LogP contribution in [0.3, 0.4) is 0 Å². The number of benzene rings is 1. The summed E-state index contributed by atoms with van der Waals surface area (Å²) >= 11 is 0. The van der Waals surface area contributed by atoms with Crippen molar-refractivity contribution in [1.82, 2.24) is 4.98 Å². The Labute approximate surface area is 171 Å². The summed E-state index contributed by atoms with van der Waals surface area (Å²) in [6.45, 7) is 4.09. The molecule has 2 aliphatic carbocycles. The van der Waals surface area contributed by atoms with Crippen LogP contribution in [0.2, 0.25) is 0 Å². The number of H-pyrrole nitrogens is 1. The van der Waals surface area contributed by atoms with Gasteiger partial charge < -0.3 is 14.5 Å². The van der Waals surface area contributed by atoms with Crippen LogP contribution < -0.4 is 4.74 Å². The molecule has 1 aromatic heterocycles. The predicted molar refractivity (Wildman–Crippen MR) is 111 cm³/mol. The van der Waals surface area contributed by atoms with Crippen molar-refractivity contribution in [3.05, 3.63) is 52.3 Å². The van der Waals surface area contributed by atoms with E-state index in [2.05, 4.69) is 11.9 Å². The monoisotopic (exact) mass is 395 g/mol. The van der Waals surface area contributed by atoms with E-state index in [1.165, 1.54) is 0 Å². The molecule has 0 bridgehead atoms. The molecule has 1 fully saturated rings. The third-order valence-corrected chi connectivity index (χ3v) is 6.52. The number of rotatable bonds is 4.